The third-order valence-electron chi connectivity index (χ3n) is 7.74. The van der Waals surface area contributed by atoms with E-state index in [1.807, 2.05) is 43.5 Å². The average molecular weight is 554 g/mol. The molecule has 40 heavy (non-hydrogen) atoms. The minimum absolute atomic E-state index is 0.00514. The largest absolute Gasteiger partial charge is 0.375 e. The average Bonchev–Trinajstić information content (AvgIpc) is 3.42. The summed E-state index contributed by atoms with van der Waals surface area (Å²) in [5.74, 6) is -0.191. The summed E-state index contributed by atoms with van der Waals surface area (Å²) in [6.07, 6.45) is 1.82. The second-order valence-corrected chi connectivity index (χ2v) is 10.7. The van der Waals surface area contributed by atoms with Crippen molar-refractivity contribution in [3.05, 3.63) is 106 Å². The van der Waals surface area contributed by atoms with Gasteiger partial charge in [0.1, 0.15) is 6.61 Å². The number of thiocarbonyl (C=S) groups is 1. The minimum atomic E-state index is -0.191. The fourth-order valence-corrected chi connectivity index (χ4v) is 5.99. The minimum Gasteiger partial charge on any atom is -0.375 e. The first-order valence-electron chi connectivity index (χ1n) is 13.4. The van der Waals surface area contributed by atoms with Crippen LogP contribution in [0.3, 0.4) is 0 Å². The Morgan fingerprint density at radius 3 is 2.52 bits per heavy atom. The first-order chi connectivity index (χ1) is 19.2. The van der Waals surface area contributed by atoms with Crippen LogP contribution in [0.2, 0.25) is 0 Å². The van der Waals surface area contributed by atoms with Gasteiger partial charge in [0.2, 0.25) is 5.91 Å². The van der Waals surface area contributed by atoms with Crippen LogP contribution in [0.25, 0.3) is 5.69 Å². The fourth-order valence-electron chi connectivity index (χ4n) is 5.64. The molecule has 0 radical (unpaired) electrons. The first-order valence-corrected chi connectivity index (χ1v) is 13.8. The molecule has 0 unspecified atom stereocenters. The summed E-state index contributed by atoms with van der Waals surface area (Å²) in [5, 5.41) is 7.12. The van der Waals surface area contributed by atoms with Gasteiger partial charge in [-0.25, -0.2) is 0 Å². The van der Waals surface area contributed by atoms with Crippen molar-refractivity contribution in [2.45, 2.75) is 46.7 Å². The SMILES string of the molecule is COCC(=O)Nc1ccc(N2C(=S)N[C@@H](c3ccccn3)[C@@H]2c2cc(C)n(-c3cccc(C)c3C)c2C)cc1C. The molecule has 3 heterocycles. The van der Waals surface area contributed by atoms with Crippen LogP contribution < -0.4 is 15.5 Å². The van der Waals surface area contributed by atoms with E-state index in [9.17, 15) is 4.79 Å². The summed E-state index contributed by atoms with van der Waals surface area (Å²) >= 11 is 5.97. The Bertz CT molecular complexity index is 1580. The second kappa shape index (κ2) is 11.2. The van der Waals surface area contributed by atoms with E-state index in [0.717, 1.165) is 34.0 Å². The number of carbonyl (C=O) groups is 1. The lowest BCUT2D eigenvalue weighted by Crippen LogP contribution is -2.29. The van der Waals surface area contributed by atoms with Gasteiger partial charge < -0.3 is 24.8 Å². The van der Waals surface area contributed by atoms with Crippen LogP contribution in [0.4, 0.5) is 11.4 Å². The lowest BCUT2D eigenvalue weighted by atomic mass is 9.96. The van der Waals surface area contributed by atoms with Crippen LogP contribution in [-0.4, -0.2) is 34.3 Å². The second-order valence-electron chi connectivity index (χ2n) is 10.4. The lowest BCUT2D eigenvalue weighted by molar-refractivity contribution is -0.119. The summed E-state index contributed by atoms with van der Waals surface area (Å²) in [6.45, 7) is 10.6. The number of aromatic nitrogens is 2. The van der Waals surface area contributed by atoms with Crippen molar-refractivity contribution < 1.29 is 9.53 Å². The molecule has 2 atom stereocenters. The van der Waals surface area contributed by atoms with Gasteiger partial charge in [-0.15, -0.1) is 0 Å². The zero-order valence-electron chi connectivity index (χ0n) is 23.8. The summed E-state index contributed by atoms with van der Waals surface area (Å²) in [6, 6.07) is 20.4. The Kier molecular flexibility index (Phi) is 7.74. The standard InChI is InChI=1S/C32H35N5O2S/c1-19-10-9-12-28(22(19)4)36-21(3)17-25(23(36)5)31-30(27-11-7-8-15-33-27)35-32(40)37(31)24-13-14-26(20(2)16-24)34-29(38)18-39-6/h7-17,30-31H,18H2,1-6H3,(H,34,38)(H,35,40)/t30-,31-/m0/s1. The summed E-state index contributed by atoms with van der Waals surface area (Å²) in [5.41, 5.74) is 10.8. The van der Waals surface area contributed by atoms with Crippen LogP contribution in [0.1, 0.15) is 51.4 Å². The van der Waals surface area contributed by atoms with E-state index in [4.69, 9.17) is 21.9 Å². The van der Waals surface area contributed by atoms with Gasteiger partial charge in [0.05, 0.1) is 17.8 Å². The normalized spacial score (nSPS) is 16.8. The van der Waals surface area contributed by atoms with Crippen LogP contribution in [0.15, 0.2) is 66.9 Å². The molecule has 1 fully saturated rings. The van der Waals surface area contributed by atoms with Gasteiger partial charge in [0.15, 0.2) is 5.11 Å². The number of nitrogens with one attached hydrogen (secondary N) is 2. The monoisotopic (exact) mass is 553 g/mol. The maximum absolute atomic E-state index is 12.1. The highest BCUT2D eigenvalue weighted by molar-refractivity contribution is 7.80. The molecule has 0 bridgehead atoms. The zero-order valence-corrected chi connectivity index (χ0v) is 24.6. The molecule has 4 aromatic rings. The van der Waals surface area contributed by atoms with Gasteiger partial charge in [0, 0.05) is 41.8 Å². The molecule has 2 N–H and O–H groups in total. The third kappa shape index (κ3) is 5.00. The van der Waals surface area contributed by atoms with E-state index in [0.29, 0.717) is 5.11 Å². The summed E-state index contributed by atoms with van der Waals surface area (Å²) in [4.78, 5) is 19.0. The molecule has 1 saturated heterocycles. The number of rotatable bonds is 7. The number of hydrogen-bond acceptors (Lipinski definition) is 4. The third-order valence-corrected chi connectivity index (χ3v) is 8.06. The molecule has 0 aliphatic carbocycles. The van der Waals surface area contributed by atoms with Crippen molar-refractivity contribution in [2.75, 3.05) is 23.9 Å². The number of benzene rings is 2. The molecule has 1 aliphatic heterocycles. The van der Waals surface area contributed by atoms with E-state index >= 15 is 0 Å². The molecule has 0 saturated carbocycles. The molecular weight excluding hydrogens is 518 g/mol. The molecule has 2 aromatic heterocycles. The first kappa shape index (κ1) is 27.6. The summed E-state index contributed by atoms with van der Waals surface area (Å²) < 4.78 is 7.31. The predicted octanol–water partition coefficient (Wildman–Crippen LogP) is 6.18. The topological polar surface area (TPSA) is 71.4 Å². The number of carbonyl (C=O) groups excluding carboxylic acids is 1. The molecule has 206 valence electrons. The lowest BCUT2D eigenvalue weighted by Gasteiger charge is -2.29. The highest BCUT2D eigenvalue weighted by atomic mass is 32.1. The molecule has 1 aliphatic rings. The Balaban J connectivity index is 1.63. The molecule has 0 spiro atoms. The van der Waals surface area contributed by atoms with Crippen molar-refractivity contribution >= 4 is 34.6 Å². The van der Waals surface area contributed by atoms with Crippen molar-refractivity contribution in [1.29, 1.82) is 0 Å². The van der Waals surface area contributed by atoms with Crippen LogP contribution >= 0.6 is 12.2 Å². The van der Waals surface area contributed by atoms with E-state index in [2.05, 4.69) is 78.1 Å². The number of aryl methyl sites for hydroxylation is 3. The Morgan fingerprint density at radius 2 is 1.82 bits per heavy atom. The number of hydrogen-bond donors (Lipinski definition) is 2. The maximum Gasteiger partial charge on any atom is 0.250 e. The number of nitrogens with zero attached hydrogens (tertiary/aromatic N) is 3. The Labute approximate surface area is 241 Å². The predicted molar refractivity (Wildman–Crippen MR) is 164 cm³/mol. The number of anilines is 2. The molecule has 8 heteroatoms. The quantitative estimate of drug-likeness (QED) is 0.267. The molecule has 5 rings (SSSR count). The van der Waals surface area contributed by atoms with E-state index in [1.165, 1.54) is 29.5 Å². The van der Waals surface area contributed by atoms with Gasteiger partial charge in [-0.3, -0.25) is 9.78 Å². The van der Waals surface area contributed by atoms with Gasteiger partial charge in [-0.1, -0.05) is 18.2 Å². The number of ether oxygens (including phenoxy) is 1. The Morgan fingerprint density at radius 1 is 1.02 bits per heavy atom. The fraction of sp³-hybridized carbons (Fsp3) is 0.281. The number of methoxy groups -OCH3 is 1. The molecule has 1 amide bonds. The van der Waals surface area contributed by atoms with Crippen molar-refractivity contribution in [2.24, 2.45) is 0 Å². The van der Waals surface area contributed by atoms with E-state index in [-0.39, 0.29) is 24.6 Å². The smallest absolute Gasteiger partial charge is 0.250 e. The molecule has 7 nitrogen and oxygen atoms in total. The van der Waals surface area contributed by atoms with E-state index in [1.54, 1.807) is 0 Å². The van der Waals surface area contributed by atoms with E-state index < -0.39 is 0 Å². The van der Waals surface area contributed by atoms with Gasteiger partial charge in [-0.2, -0.15) is 0 Å². The zero-order chi connectivity index (χ0) is 28.6. The van der Waals surface area contributed by atoms with Crippen LogP contribution in [0.5, 0.6) is 0 Å². The molecular formula is C32H35N5O2S. The molecule has 2 aromatic carbocycles. The van der Waals surface area contributed by atoms with Crippen LogP contribution in [0, 0.1) is 34.6 Å². The summed E-state index contributed by atoms with van der Waals surface area (Å²) in [7, 11) is 1.51. The number of amides is 1. The van der Waals surface area contributed by atoms with Crippen molar-refractivity contribution in [3.63, 3.8) is 0 Å². The van der Waals surface area contributed by atoms with Crippen molar-refractivity contribution in [3.8, 4) is 5.69 Å². The van der Waals surface area contributed by atoms with Crippen LogP contribution in [-0.2, 0) is 9.53 Å². The van der Waals surface area contributed by atoms with Gasteiger partial charge in [-0.05, 0) is 112 Å². The highest BCUT2D eigenvalue weighted by Gasteiger charge is 2.42. The van der Waals surface area contributed by atoms with Crippen molar-refractivity contribution in [1.82, 2.24) is 14.9 Å². The Hall–Kier alpha value is -4.01. The van der Waals surface area contributed by atoms with Gasteiger partial charge in [0.25, 0.3) is 0 Å². The highest BCUT2D eigenvalue weighted by Crippen LogP contribution is 2.44. The van der Waals surface area contributed by atoms with Gasteiger partial charge >= 0.3 is 0 Å². The number of pyridine rings is 1. The maximum atomic E-state index is 12.1.